The quantitative estimate of drug-likeness (QED) is 0.291. The van der Waals surface area contributed by atoms with Crippen molar-refractivity contribution in [1.29, 1.82) is 0 Å². The molecule has 1 fully saturated rings. The zero-order valence-electron chi connectivity index (χ0n) is 22.9. The fourth-order valence-electron chi connectivity index (χ4n) is 4.66. The largest absolute Gasteiger partial charge is 0.508 e. The van der Waals surface area contributed by atoms with Crippen molar-refractivity contribution in [3.63, 3.8) is 0 Å². The van der Waals surface area contributed by atoms with Crippen LogP contribution >= 0.6 is 0 Å². The van der Waals surface area contributed by atoms with E-state index in [1.807, 2.05) is 38.1 Å². The smallest absolute Gasteiger partial charge is 0.246 e. The van der Waals surface area contributed by atoms with Gasteiger partial charge in [0.25, 0.3) is 0 Å². The summed E-state index contributed by atoms with van der Waals surface area (Å²) in [6.07, 6.45) is 1.26. The number of aromatic hydroxyl groups is 1. The van der Waals surface area contributed by atoms with Gasteiger partial charge in [0.2, 0.25) is 23.6 Å². The minimum absolute atomic E-state index is 0.167. The van der Waals surface area contributed by atoms with Crippen LogP contribution in [0.2, 0.25) is 0 Å². The molecule has 6 N–H and O–H groups in total. The van der Waals surface area contributed by atoms with Crippen molar-refractivity contribution in [3.8, 4) is 16.9 Å². The number of benzene rings is 2. The van der Waals surface area contributed by atoms with Gasteiger partial charge in [-0.1, -0.05) is 50.2 Å². The highest BCUT2D eigenvalue weighted by molar-refractivity contribution is 5.95. The Morgan fingerprint density at radius 3 is 2.33 bits per heavy atom. The van der Waals surface area contributed by atoms with Gasteiger partial charge in [0.05, 0.1) is 6.04 Å². The van der Waals surface area contributed by atoms with E-state index in [9.17, 15) is 24.3 Å². The molecule has 0 spiro atoms. The first-order valence-corrected chi connectivity index (χ1v) is 13.3. The molecular weight excluding hydrogens is 498 g/mol. The van der Waals surface area contributed by atoms with Crippen LogP contribution in [0.5, 0.6) is 5.75 Å². The Kier molecular flexibility index (Phi) is 10.1. The molecule has 210 valence electrons. The number of hydrogen-bond donors (Lipinski definition) is 5. The third kappa shape index (κ3) is 7.57. The Labute approximate surface area is 229 Å². The van der Waals surface area contributed by atoms with Gasteiger partial charge in [-0.3, -0.25) is 19.2 Å². The van der Waals surface area contributed by atoms with Crippen molar-refractivity contribution < 1.29 is 24.3 Å². The topological polar surface area (TPSA) is 154 Å². The molecule has 4 amide bonds. The first-order chi connectivity index (χ1) is 18.5. The van der Waals surface area contributed by atoms with Crippen molar-refractivity contribution in [2.45, 2.75) is 64.2 Å². The number of phenolic OH excluding ortho intramolecular Hbond substituents is 1. The molecule has 4 atom stereocenters. The van der Waals surface area contributed by atoms with Crippen LogP contribution in [0.3, 0.4) is 0 Å². The highest BCUT2D eigenvalue weighted by Crippen LogP contribution is 2.24. The summed E-state index contributed by atoms with van der Waals surface area (Å²) in [4.78, 5) is 53.1. The molecular formula is C29H39N5O5. The standard InChI is InChI=1S/C29H39N5O5/c1-17(2)25(33-27(37)18(3)31-4)29(39)34-14-6-9-24(34)28(38)32-23(26(30)36)16-19-7-5-8-21(15-19)20-10-12-22(35)13-11-20/h5,7-8,10-13,15,17-18,23-25,31,35H,6,9,14,16H2,1-4H3,(H2,30,36)(H,32,38)(H,33,37)/t18-,23-,24-,25-/m0/s1. The minimum Gasteiger partial charge on any atom is -0.508 e. The van der Waals surface area contributed by atoms with Gasteiger partial charge in [-0.05, 0) is 61.6 Å². The van der Waals surface area contributed by atoms with Crippen molar-refractivity contribution >= 4 is 23.6 Å². The van der Waals surface area contributed by atoms with E-state index in [0.717, 1.165) is 16.7 Å². The van der Waals surface area contributed by atoms with Crippen LogP contribution in [-0.4, -0.2) is 71.4 Å². The Hall–Kier alpha value is -3.92. The van der Waals surface area contributed by atoms with Gasteiger partial charge < -0.3 is 31.7 Å². The second kappa shape index (κ2) is 13.2. The van der Waals surface area contributed by atoms with E-state index >= 15 is 0 Å². The number of rotatable bonds is 11. The molecule has 0 radical (unpaired) electrons. The van der Waals surface area contributed by atoms with Crippen LogP contribution in [0.25, 0.3) is 11.1 Å². The van der Waals surface area contributed by atoms with Crippen molar-refractivity contribution in [2.75, 3.05) is 13.6 Å². The maximum Gasteiger partial charge on any atom is 0.246 e. The van der Waals surface area contributed by atoms with Crippen LogP contribution in [0.1, 0.15) is 39.2 Å². The molecule has 10 heteroatoms. The number of hydrogen-bond acceptors (Lipinski definition) is 6. The summed E-state index contributed by atoms with van der Waals surface area (Å²) in [5, 5.41) is 18.0. The fraction of sp³-hybridized carbons (Fsp3) is 0.448. The molecule has 10 nitrogen and oxygen atoms in total. The monoisotopic (exact) mass is 537 g/mol. The molecule has 0 saturated carbocycles. The Morgan fingerprint density at radius 2 is 1.72 bits per heavy atom. The van der Waals surface area contributed by atoms with E-state index in [1.165, 1.54) is 4.90 Å². The third-order valence-electron chi connectivity index (χ3n) is 7.12. The Morgan fingerprint density at radius 1 is 1.03 bits per heavy atom. The van der Waals surface area contributed by atoms with E-state index in [0.29, 0.717) is 19.4 Å². The fourth-order valence-corrected chi connectivity index (χ4v) is 4.66. The summed E-state index contributed by atoms with van der Waals surface area (Å²) in [5.74, 6) is -1.77. The van der Waals surface area contributed by atoms with Gasteiger partial charge in [-0.15, -0.1) is 0 Å². The zero-order chi connectivity index (χ0) is 28.7. The molecule has 2 aromatic rings. The van der Waals surface area contributed by atoms with E-state index < -0.39 is 36.0 Å². The highest BCUT2D eigenvalue weighted by Gasteiger charge is 2.39. The number of nitrogens with one attached hydrogen (secondary N) is 3. The number of nitrogens with two attached hydrogens (primary N) is 1. The lowest BCUT2D eigenvalue weighted by molar-refractivity contribution is -0.143. The van der Waals surface area contributed by atoms with Crippen molar-refractivity contribution in [1.82, 2.24) is 20.9 Å². The molecule has 0 bridgehead atoms. The van der Waals surface area contributed by atoms with Crippen LogP contribution in [0, 0.1) is 5.92 Å². The lowest BCUT2D eigenvalue weighted by Gasteiger charge is -2.31. The van der Waals surface area contributed by atoms with E-state index in [1.54, 1.807) is 38.2 Å². The Balaban J connectivity index is 1.72. The summed E-state index contributed by atoms with van der Waals surface area (Å²) >= 11 is 0. The first-order valence-electron chi connectivity index (χ1n) is 13.3. The maximum absolute atomic E-state index is 13.5. The molecule has 0 aromatic heterocycles. The predicted molar refractivity (Wildman–Crippen MR) is 148 cm³/mol. The summed E-state index contributed by atoms with van der Waals surface area (Å²) in [5.41, 5.74) is 8.24. The van der Waals surface area contributed by atoms with Crippen LogP contribution in [0.4, 0.5) is 0 Å². The van der Waals surface area contributed by atoms with Crippen molar-refractivity contribution in [2.24, 2.45) is 11.7 Å². The normalized spacial score (nSPS) is 17.4. The summed E-state index contributed by atoms with van der Waals surface area (Å²) < 4.78 is 0. The van der Waals surface area contributed by atoms with E-state index in [-0.39, 0.29) is 29.9 Å². The van der Waals surface area contributed by atoms with E-state index in [2.05, 4.69) is 16.0 Å². The average molecular weight is 538 g/mol. The molecule has 39 heavy (non-hydrogen) atoms. The van der Waals surface area contributed by atoms with Gasteiger partial charge in [0.15, 0.2) is 0 Å². The van der Waals surface area contributed by atoms with Gasteiger partial charge in [-0.2, -0.15) is 0 Å². The SMILES string of the molecule is CN[C@@H](C)C(=O)N[C@H](C(=O)N1CCC[C@H]1C(=O)N[C@@H](Cc1cccc(-c2ccc(O)cc2)c1)C(N)=O)C(C)C. The lowest BCUT2D eigenvalue weighted by atomic mass is 9.98. The molecule has 1 saturated heterocycles. The zero-order valence-corrected chi connectivity index (χ0v) is 22.9. The molecule has 0 unspecified atom stereocenters. The molecule has 1 aliphatic rings. The lowest BCUT2D eigenvalue weighted by Crippen LogP contribution is -2.58. The van der Waals surface area contributed by atoms with Crippen LogP contribution in [0.15, 0.2) is 48.5 Å². The summed E-state index contributed by atoms with van der Waals surface area (Å²) in [6.45, 7) is 5.77. The molecule has 0 aliphatic carbocycles. The van der Waals surface area contributed by atoms with Gasteiger partial charge >= 0.3 is 0 Å². The summed E-state index contributed by atoms with van der Waals surface area (Å²) in [7, 11) is 1.66. The van der Waals surface area contributed by atoms with Gasteiger partial charge in [0.1, 0.15) is 23.9 Å². The number of carbonyl (C=O) groups is 4. The number of carbonyl (C=O) groups excluding carboxylic acids is 4. The molecule has 3 rings (SSSR count). The van der Waals surface area contributed by atoms with Crippen LogP contribution in [-0.2, 0) is 25.6 Å². The number of nitrogens with zero attached hydrogens (tertiary/aromatic N) is 1. The summed E-state index contributed by atoms with van der Waals surface area (Å²) in [6, 6.07) is 11.3. The minimum atomic E-state index is -0.970. The van der Waals surface area contributed by atoms with E-state index in [4.69, 9.17) is 5.73 Å². The number of likely N-dealkylation sites (tertiary alicyclic amines) is 1. The van der Waals surface area contributed by atoms with Gasteiger partial charge in [0, 0.05) is 13.0 Å². The number of primary amides is 1. The highest BCUT2D eigenvalue weighted by atomic mass is 16.3. The second-order valence-corrected chi connectivity index (χ2v) is 10.3. The molecule has 1 heterocycles. The van der Waals surface area contributed by atoms with Crippen LogP contribution < -0.4 is 21.7 Å². The first kappa shape index (κ1) is 29.6. The maximum atomic E-state index is 13.5. The third-order valence-corrected chi connectivity index (χ3v) is 7.12. The number of amides is 4. The predicted octanol–water partition coefficient (Wildman–Crippen LogP) is 1.31. The number of likely N-dealkylation sites (N-methyl/N-ethyl adjacent to an activating group) is 1. The number of phenols is 1. The molecule has 2 aromatic carbocycles. The van der Waals surface area contributed by atoms with Gasteiger partial charge in [-0.25, -0.2) is 0 Å². The average Bonchev–Trinajstić information content (AvgIpc) is 3.41. The Bertz CT molecular complexity index is 1180. The second-order valence-electron chi connectivity index (χ2n) is 10.3. The molecule has 1 aliphatic heterocycles. The van der Waals surface area contributed by atoms with Crippen molar-refractivity contribution in [3.05, 3.63) is 54.1 Å².